The molecule has 0 saturated heterocycles. The Morgan fingerprint density at radius 1 is 1.38 bits per heavy atom. The average Bonchev–Trinajstić information content (AvgIpc) is 2.17. The number of benzene rings is 1. The fraction of sp³-hybridized carbons (Fsp3) is 0.400. The summed E-state index contributed by atoms with van der Waals surface area (Å²) in [6, 6.07) is 5.20. The minimum Gasteiger partial charge on any atom is -0.491 e. The van der Waals surface area contributed by atoms with Crippen LogP contribution in [-0.2, 0) is 0 Å². The minimum atomic E-state index is -4.21. The molecule has 0 atom stereocenters. The van der Waals surface area contributed by atoms with Crippen molar-refractivity contribution in [2.75, 3.05) is 18.1 Å². The molecule has 0 radical (unpaired) electrons. The lowest BCUT2D eigenvalue weighted by molar-refractivity contribution is -0.0329. The summed E-state index contributed by atoms with van der Waals surface area (Å²) < 4.78 is 40.6. The zero-order chi connectivity index (χ0) is 12.2. The first kappa shape index (κ1) is 13.0. The highest BCUT2D eigenvalue weighted by Gasteiger charge is 2.27. The molecule has 1 aromatic carbocycles. The summed E-state index contributed by atoms with van der Waals surface area (Å²) in [5.74, 6) is 0.291. The maximum absolute atomic E-state index is 11.8. The number of para-hydroxylation sites is 1. The van der Waals surface area contributed by atoms with E-state index in [9.17, 15) is 13.2 Å². The Labute approximate surface area is 96.0 Å². The Kier molecular flexibility index (Phi) is 4.35. The van der Waals surface area contributed by atoms with E-state index in [0.717, 1.165) is 5.56 Å². The lowest BCUT2D eigenvalue weighted by Gasteiger charge is -2.10. The van der Waals surface area contributed by atoms with Crippen LogP contribution in [0.2, 0.25) is 0 Å². The van der Waals surface area contributed by atoms with E-state index >= 15 is 0 Å². The normalized spacial score (nSPS) is 11.5. The highest BCUT2D eigenvalue weighted by atomic mass is 32.2. The Balaban J connectivity index is 2.41. The number of halogens is 3. The van der Waals surface area contributed by atoms with Crippen molar-refractivity contribution in [3.8, 4) is 5.75 Å². The van der Waals surface area contributed by atoms with Gasteiger partial charge in [-0.05, 0) is 30.3 Å². The molecule has 1 rings (SSSR count). The van der Waals surface area contributed by atoms with Gasteiger partial charge < -0.3 is 10.5 Å². The molecule has 16 heavy (non-hydrogen) atoms. The van der Waals surface area contributed by atoms with Gasteiger partial charge in [0.1, 0.15) is 5.75 Å². The molecule has 0 saturated carbocycles. The summed E-state index contributed by atoms with van der Waals surface area (Å²) in [6.45, 7) is 1.80. The number of hydrogen-bond donors (Lipinski definition) is 1. The van der Waals surface area contributed by atoms with Crippen LogP contribution in [0.25, 0.3) is 0 Å². The molecule has 0 aromatic heterocycles. The zero-order valence-electron chi connectivity index (χ0n) is 8.67. The predicted octanol–water partition coefficient (Wildman–Crippen LogP) is 3.21. The van der Waals surface area contributed by atoms with Crippen molar-refractivity contribution in [3.05, 3.63) is 23.8 Å². The van der Waals surface area contributed by atoms with E-state index in [-0.39, 0.29) is 24.1 Å². The first-order chi connectivity index (χ1) is 7.40. The van der Waals surface area contributed by atoms with Gasteiger partial charge in [0.05, 0.1) is 12.3 Å². The van der Waals surface area contributed by atoms with Gasteiger partial charge in [-0.25, -0.2) is 0 Å². The van der Waals surface area contributed by atoms with E-state index in [2.05, 4.69) is 0 Å². The molecule has 6 heteroatoms. The third kappa shape index (κ3) is 4.22. The third-order valence-corrected chi connectivity index (χ3v) is 2.59. The van der Waals surface area contributed by atoms with Gasteiger partial charge in [-0.15, -0.1) is 0 Å². The van der Waals surface area contributed by atoms with Crippen molar-refractivity contribution in [2.45, 2.75) is 12.4 Å². The van der Waals surface area contributed by atoms with Gasteiger partial charge in [0.25, 0.3) is 0 Å². The fourth-order valence-electron chi connectivity index (χ4n) is 1.09. The molecule has 0 unspecified atom stereocenters. The van der Waals surface area contributed by atoms with E-state index in [1.807, 2.05) is 13.0 Å². The Morgan fingerprint density at radius 3 is 2.69 bits per heavy atom. The van der Waals surface area contributed by atoms with Crippen molar-refractivity contribution in [1.82, 2.24) is 0 Å². The van der Waals surface area contributed by atoms with Crippen molar-refractivity contribution in [1.29, 1.82) is 0 Å². The van der Waals surface area contributed by atoms with E-state index in [1.165, 1.54) is 0 Å². The number of anilines is 1. The van der Waals surface area contributed by atoms with Gasteiger partial charge in [0.15, 0.2) is 0 Å². The van der Waals surface area contributed by atoms with E-state index in [0.29, 0.717) is 11.4 Å². The molecule has 90 valence electrons. The maximum Gasteiger partial charge on any atom is 0.441 e. The van der Waals surface area contributed by atoms with Gasteiger partial charge in [-0.3, -0.25) is 0 Å². The van der Waals surface area contributed by atoms with Crippen molar-refractivity contribution in [3.63, 3.8) is 0 Å². The number of nitrogen functional groups attached to an aromatic ring is 1. The molecule has 2 N–H and O–H groups in total. The quantitative estimate of drug-likeness (QED) is 0.659. The molecule has 0 heterocycles. The molecule has 1 aromatic rings. The Morgan fingerprint density at radius 2 is 2.06 bits per heavy atom. The standard InChI is InChI=1S/C10H12F3NOS/c1-7-3-2-4-8(9(7)14)15-5-6-16-10(11,12)13/h2-4H,5-6,14H2,1H3. The second-order valence-electron chi connectivity index (χ2n) is 3.13. The van der Waals surface area contributed by atoms with Gasteiger partial charge in [-0.1, -0.05) is 12.1 Å². The van der Waals surface area contributed by atoms with Crippen LogP contribution in [-0.4, -0.2) is 17.9 Å². The largest absolute Gasteiger partial charge is 0.491 e. The van der Waals surface area contributed by atoms with Crippen LogP contribution < -0.4 is 10.5 Å². The highest BCUT2D eigenvalue weighted by molar-refractivity contribution is 8.00. The molecule has 0 aliphatic rings. The van der Waals surface area contributed by atoms with E-state index < -0.39 is 5.51 Å². The molecule has 0 spiro atoms. The average molecular weight is 251 g/mol. The van der Waals surface area contributed by atoms with Crippen LogP contribution >= 0.6 is 11.8 Å². The molecular weight excluding hydrogens is 239 g/mol. The molecule has 0 amide bonds. The summed E-state index contributed by atoms with van der Waals surface area (Å²) in [4.78, 5) is 0. The summed E-state index contributed by atoms with van der Waals surface area (Å²) in [5, 5.41) is 0. The van der Waals surface area contributed by atoms with Crippen LogP contribution in [0.3, 0.4) is 0 Å². The number of hydrogen-bond acceptors (Lipinski definition) is 3. The van der Waals surface area contributed by atoms with Crippen molar-refractivity contribution >= 4 is 17.4 Å². The van der Waals surface area contributed by atoms with Gasteiger partial charge in [0.2, 0.25) is 0 Å². The summed E-state index contributed by atoms with van der Waals surface area (Å²) in [6.07, 6.45) is 0. The van der Waals surface area contributed by atoms with Crippen LogP contribution in [0.1, 0.15) is 5.56 Å². The lowest BCUT2D eigenvalue weighted by atomic mass is 10.2. The third-order valence-electron chi connectivity index (χ3n) is 1.89. The minimum absolute atomic E-state index is 0.0160. The topological polar surface area (TPSA) is 35.2 Å². The molecule has 0 bridgehead atoms. The predicted molar refractivity (Wildman–Crippen MR) is 59.6 cm³/mol. The smallest absolute Gasteiger partial charge is 0.441 e. The maximum atomic E-state index is 11.8. The van der Waals surface area contributed by atoms with Gasteiger partial charge in [0, 0.05) is 5.75 Å². The van der Waals surface area contributed by atoms with Crippen LogP contribution in [0.15, 0.2) is 18.2 Å². The first-order valence-electron chi connectivity index (χ1n) is 4.59. The highest BCUT2D eigenvalue weighted by Crippen LogP contribution is 2.30. The van der Waals surface area contributed by atoms with Crippen LogP contribution in [0, 0.1) is 6.92 Å². The summed E-state index contributed by atoms with van der Waals surface area (Å²) in [7, 11) is 0. The molecule has 0 aliphatic carbocycles. The summed E-state index contributed by atoms with van der Waals surface area (Å²) in [5.41, 5.74) is 2.81. The van der Waals surface area contributed by atoms with Crippen molar-refractivity contribution < 1.29 is 17.9 Å². The number of aryl methyl sites for hydroxylation is 1. The SMILES string of the molecule is Cc1cccc(OCCSC(F)(F)F)c1N. The summed E-state index contributed by atoms with van der Waals surface area (Å²) >= 11 is -0.103. The van der Waals surface area contributed by atoms with Crippen LogP contribution in [0.5, 0.6) is 5.75 Å². The fourth-order valence-corrected chi connectivity index (χ4v) is 1.49. The molecule has 2 nitrogen and oxygen atoms in total. The van der Waals surface area contributed by atoms with Gasteiger partial charge in [-0.2, -0.15) is 13.2 Å². The second kappa shape index (κ2) is 5.34. The zero-order valence-corrected chi connectivity index (χ0v) is 9.49. The Bertz CT molecular complexity index is 354. The number of alkyl halides is 3. The van der Waals surface area contributed by atoms with Gasteiger partial charge >= 0.3 is 5.51 Å². The van der Waals surface area contributed by atoms with Crippen LogP contribution in [0.4, 0.5) is 18.9 Å². The van der Waals surface area contributed by atoms with E-state index in [4.69, 9.17) is 10.5 Å². The van der Waals surface area contributed by atoms with E-state index in [1.54, 1.807) is 12.1 Å². The monoisotopic (exact) mass is 251 g/mol. The molecule has 0 fully saturated rings. The van der Waals surface area contributed by atoms with Crippen molar-refractivity contribution in [2.24, 2.45) is 0 Å². The number of nitrogens with two attached hydrogens (primary N) is 1. The Hall–Kier alpha value is -1.04. The first-order valence-corrected chi connectivity index (χ1v) is 5.57. The second-order valence-corrected chi connectivity index (χ2v) is 4.29. The number of thioether (sulfide) groups is 1. The number of ether oxygens (including phenoxy) is 1. The lowest BCUT2D eigenvalue weighted by Crippen LogP contribution is -2.08. The molecular formula is C10H12F3NOS. The number of rotatable bonds is 4. The molecule has 0 aliphatic heterocycles.